The summed E-state index contributed by atoms with van der Waals surface area (Å²) in [5.74, 6) is -0.390. The second-order valence-electron chi connectivity index (χ2n) is 5.69. The van der Waals surface area contributed by atoms with Gasteiger partial charge in [0.15, 0.2) is 0 Å². The lowest BCUT2D eigenvalue weighted by Gasteiger charge is -2.17. The minimum absolute atomic E-state index is 0.0838. The molecule has 0 bridgehead atoms. The maximum Gasteiger partial charge on any atom is 0.333 e. The van der Waals surface area contributed by atoms with E-state index >= 15 is 0 Å². The molecule has 0 atom stereocenters. The second-order valence-corrected chi connectivity index (χ2v) is 5.69. The first-order valence-electron chi connectivity index (χ1n) is 8.95. The van der Waals surface area contributed by atoms with E-state index in [1.54, 1.807) is 6.92 Å². The summed E-state index contributed by atoms with van der Waals surface area (Å²) < 4.78 is 4.90. The van der Waals surface area contributed by atoms with E-state index in [9.17, 15) is 9.59 Å². The summed E-state index contributed by atoms with van der Waals surface area (Å²) in [4.78, 5) is 26.0. The minimum Gasteiger partial charge on any atom is -0.461 e. The van der Waals surface area contributed by atoms with Crippen molar-refractivity contribution in [2.24, 2.45) is 0 Å². The summed E-state index contributed by atoms with van der Waals surface area (Å²) in [5.41, 5.74) is 0.453. The Labute approximate surface area is 153 Å². The van der Waals surface area contributed by atoms with Gasteiger partial charge in [-0.05, 0) is 52.6 Å². The SMILES string of the molecule is C=C(C)C(=O)OCCN(C)CC.C=CC(=O)NCCCN(CC)CC. The maximum absolute atomic E-state index is 10.9. The van der Waals surface area contributed by atoms with Crippen molar-refractivity contribution in [1.82, 2.24) is 15.1 Å². The molecular weight excluding hydrogens is 318 g/mol. The van der Waals surface area contributed by atoms with Gasteiger partial charge in [-0.2, -0.15) is 0 Å². The molecular formula is C19H37N3O3. The van der Waals surface area contributed by atoms with E-state index in [0.717, 1.165) is 45.7 Å². The number of nitrogens with zero attached hydrogens (tertiary/aromatic N) is 2. The molecule has 146 valence electrons. The summed E-state index contributed by atoms with van der Waals surface area (Å²) in [7, 11) is 1.98. The van der Waals surface area contributed by atoms with E-state index in [0.29, 0.717) is 12.2 Å². The van der Waals surface area contributed by atoms with Crippen molar-refractivity contribution in [3.05, 3.63) is 24.8 Å². The Morgan fingerprint density at radius 1 is 1.12 bits per heavy atom. The molecule has 0 heterocycles. The average Bonchev–Trinajstić information content (AvgIpc) is 2.61. The van der Waals surface area contributed by atoms with Crippen molar-refractivity contribution in [2.45, 2.75) is 34.1 Å². The predicted molar refractivity (Wildman–Crippen MR) is 105 cm³/mol. The van der Waals surface area contributed by atoms with Gasteiger partial charge in [-0.15, -0.1) is 0 Å². The molecule has 0 rings (SSSR count). The molecule has 25 heavy (non-hydrogen) atoms. The van der Waals surface area contributed by atoms with Crippen LogP contribution in [0.4, 0.5) is 0 Å². The molecule has 0 radical (unpaired) electrons. The molecule has 0 saturated carbocycles. The van der Waals surface area contributed by atoms with E-state index in [2.05, 4.69) is 49.0 Å². The van der Waals surface area contributed by atoms with Gasteiger partial charge in [0.1, 0.15) is 6.61 Å². The third kappa shape index (κ3) is 17.0. The highest BCUT2D eigenvalue weighted by molar-refractivity contribution is 5.87. The smallest absolute Gasteiger partial charge is 0.333 e. The first kappa shape index (κ1) is 25.6. The van der Waals surface area contributed by atoms with Crippen LogP contribution in [-0.4, -0.2) is 74.6 Å². The average molecular weight is 356 g/mol. The number of nitrogens with one attached hydrogen (secondary N) is 1. The van der Waals surface area contributed by atoms with Gasteiger partial charge >= 0.3 is 5.97 Å². The molecule has 0 aromatic carbocycles. The molecule has 1 N–H and O–H groups in total. The first-order valence-corrected chi connectivity index (χ1v) is 8.95. The largest absolute Gasteiger partial charge is 0.461 e. The third-order valence-corrected chi connectivity index (χ3v) is 3.62. The fourth-order valence-corrected chi connectivity index (χ4v) is 1.70. The highest BCUT2D eigenvalue weighted by Gasteiger charge is 2.02. The zero-order valence-corrected chi connectivity index (χ0v) is 16.8. The molecule has 0 fully saturated rings. The third-order valence-electron chi connectivity index (χ3n) is 3.62. The number of rotatable bonds is 12. The second kappa shape index (κ2) is 17.2. The van der Waals surface area contributed by atoms with E-state index in [1.807, 2.05) is 7.05 Å². The number of carbonyl (C=O) groups is 2. The molecule has 0 aliphatic rings. The number of hydrogen-bond donors (Lipinski definition) is 1. The Balaban J connectivity index is 0. The molecule has 6 heteroatoms. The summed E-state index contributed by atoms with van der Waals surface area (Å²) in [6, 6.07) is 0. The van der Waals surface area contributed by atoms with E-state index in [4.69, 9.17) is 4.74 Å². The van der Waals surface area contributed by atoms with Crippen LogP contribution in [0.1, 0.15) is 34.1 Å². The van der Waals surface area contributed by atoms with E-state index in [-0.39, 0.29) is 11.9 Å². The molecule has 0 saturated heterocycles. The molecule has 0 unspecified atom stereocenters. The van der Waals surface area contributed by atoms with Crippen molar-refractivity contribution in [3.63, 3.8) is 0 Å². The first-order chi connectivity index (χ1) is 11.8. The Bertz CT molecular complexity index is 393. The lowest BCUT2D eigenvalue weighted by Crippen LogP contribution is -2.28. The monoisotopic (exact) mass is 355 g/mol. The molecule has 1 amide bonds. The summed E-state index contributed by atoms with van der Waals surface area (Å²) in [6.07, 6.45) is 2.30. The van der Waals surface area contributed by atoms with Gasteiger partial charge in [0.25, 0.3) is 0 Å². The van der Waals surface area contributed by atoms with Crippen molar-refractivity contribution in [2.75, 3.05) is 52.9 Å². The van der Waals surface area contributed by atoms with Crippen molar-refractivity contribution in [3.8, 4) is 0 Å². The van der Waals surface area contributed by atoms with Crippen LogP contribution in [0.15, 0.2) is 24.8 Å². The number of esters is 1. The number of hydrogen-bond acceptors (Lipinski definition) is 5. The van der Waals surface area contributed by atoms with Crippen LogP contribution in [0.5, 0.6) is 0 Å². The number of amides is 1. The Kier molecular flexibility index (Phi) is 17.6. The topological polar surface area (TPSA) is 61.9 Å². The fourth-order valence-electron chi connectivity index (χ4n) is 1.70. The molecule has 0 aromatic heterocycles. The van der Waals surface area contributed by atoms with Crippen molar-refractivity contribution < 1.29 is 14.3 Å². The van der Waals surface area contributed by atoms with Gasteiger partial charge in [0, 0.05) is 18.7 Å². The Hall–Kier alpha value is -1.66. The van der Waals surface area contributed by atoms with Crippen LogP contribution >= 0.6 is 0 Å². The number of ether oxygens (including phenoxy) is 1. The van der Waals surface area contributed by atoms with E-state index < -0.39 is 0 Å². The maximum atomic E-state index is 10.9. The van der Waals surface area contributed by atoms with Gasteiger partial charge in [0.2, 0.25) is 5.91 Å². The quantitative estimate of drug-likeness (QED) is 0.330. The van der Waals surface area contributed by atoms with Gasteiger partial charge in [-0.25, -0.2) is 4.79 Å². The van der Waals surface area contributed by atoms with Gasteiger partial charge < -0.3 is 19.9 Å². The van der Waals surface area contributed by atoms with Gasteiger partial charge in [-0.3, -0.25) is 4.79 Å². The normalized spacial score (nSPS) is 10.0. The van der Waals surface area contributed by atoms with Crippen LogP contribution in [0.25, 0.3) is 0 Å². The summed E-state index contributed by atoms with van der Waals surface area (Å²) in [6.45, 7) is 21.0. The molecule has 0 aromatic rings. The van der Waals surface area contributed by atoms with Crippen molar-refractivity contribution >= 4 is 11.9 Å². The van der Waals surface area contributed by atoms with Crippen LogP contribution in [0.2, 0.25) is 0 Å². The minimum atomic E-state index is -0.306. The lowest BCUT2D eigenvalue weighted by molar-refractivity contribution is -0.139. The van der Waals surface area contributed by atoms with Gasteiger partial charge in [0.05, 0.1) is 0 Å². The molecule has 0 aliphatic carbocycles. The molecule has 6 nitrogen and oxygen atoms in total. The number of likely N-dealkylation sites (N-methyl/N-ethyl adjacent to an activating group) is 1. The van der Waals surface area contributed by atoms with Crippen LogP contribution in [-0.2, 0) is 14.3 Å². The molecule has 0 aliphatic heterocycles. The van der Waals surface area contributed by atoms with Crippen LogP contribution in [0, 0.1) is 0 Å². The molecule has 0 spiro atoms. The number of carbonyl (C=O) groups excluding carboxylic acids is 2. The Morgan fingerprint density at radius 2 is 1.72 bits per heavy atom. The fraction of sp³-hybridized carbons (Fsp3) is 0.684. The summed E-state index contributed by atoms with van der Waals surface area (Å²) in [5, 5.41) is 2.75. The Morgan fingerprint density at radius 3 is 2.16 bits per heavy atom. The highest BCUT2D eigenvalue weighted by atomic mass is 16.5. The van der Waals surface area contributed by atoms with Crippen LogP contribution in [0.3, 0.4) is 0 Å². The zero-order chi connectivity index (χ0) is 19.7. The van der Waals surface area contributed by atoms with Crippen LogP contribution < -0.4 is 5.32 Å². The van der Waals surface area contributed by atoms with Crippen molar-refractivity contribution in [1.29, 1.82) is 0 Å². The lowest BCUT2D eigenvalue weighted by atomic mass is 10.3. The standard InChI is InChI=1S/C10H20N2O.C9H17NO2/c1-4-10(13)11-8-7-9-12(5-2)6-3;1-5-10(4)6-7-12-9(11)8(2)3/h4H,1,5-9H2,2-3H3,(H,11,13);2,5-7H2,1,3-4H3. The highest BCUT2D eigenvalue weighted by Crippen LogP contribution is 1.92. The predicted octanol–water partition coefficient (Wildman–Crippen LogP) is 2.08. The van der Waals surface area contributed by atoms with Gasteiger partial charge in [-0.1, -0.05) is 33.9 Å². The van der Waals surface area contributed by atoms with E-state index in [1.165, 1.54) is 6.08 Å². The summed E-state index contributed by atoms with van der Waals surface area (Å²) >= 11 is 0. The zero-order valence-electron chi connectivity index (χ0n) is 16.8.